The Morgan fingerprint density at radius 2 is 1.74 bits per heavy atom. The first-order chi connectivity index (χ1) is 15.0. The average Bonchev–Trinajstić information content (AvgIpc) is 2.79. The first-order valence-electron chi connectivity index (χ1n) is 9.77. The topological polar surface area (TPSA) is 65.1 Å². The number of hydrogen-bond acceptors (Lipinski definition) is 5. The molecule has 0 saturated carbocycles. The minimum Gasteiger partial charge on any atom is -0.493 e. The van der Waals surface area contributed by atoms with Crippen LogP contribution < -0.4 is 14.2 Å². The van der Waals surface area contributed by atoms with Gasteiger partial charge < -0.3 is 14.2 Å². The molecule has 1 saturated heterocycles. The molecule has 0 aromatic heterocycles. The van der Waals surface area contributed by atoms with Crippen molar-refractivity contribution in [2.24, 2.45) is 0 Å². The molecule has 0 atom stereocenters. The zero-order valence-electron chi connectivity index (χ0n) is 17.7. The number of nitrogens with zero attached hydrogens (tertiary/aromatic N) is 1. The van der Waals surface area contributed by atoms with Crippen LogP contribution in [0, 0.1) is 0 Å². The number of rotatable bonds is 6. The summed E-state index contributed by atoms with van der Waals surface area (Å²) in [6.07, 6.45) is 6.02. The Hall–Kier alpha value is -3.25. The lowest BCUT2D eigenvalue weighted by atomic mass is 10.00. The van der Waals surface area contributed by atoms with Crippen molar-refractivity contribution in [1.82, 2.24) is 4.90 Å². The molecule has 162 valence electrons. The van der Waals surface area contributed by atoms with Gasteiger partial charge in [0.1, 0.15) is 0 Å². The maximum atomic E-state index is 13.0. The smallest absolute Gasteiger partial charge is 0.256 e. The van der Waals surface area contributed by atoms with E-state index in [2.05, 4.69) is 0 Å². The molecule has 0 bridgehead atoms. The summed E-state index contributed by atoms with van der Waals surface area (Å²) in [6, 6.07) is 10.7. The van der Waals surface area contributed by atoms with Crippen molar-refractivity contribution in [3.05, 3.63) is 64.2 Å². The lowest BCUT2D eigenvalue weighted by Gasteiger charge is -2.26. The first-order valence-corrected chi connectivity index (χ1v) is 10.1. The van der Waals surface area contributed by atoms with Gasteiger partial charge in [-0.3, -0.25) is 14.5 Å². The minimum absolute atomic E-state index is 0.311. The van der Waals surface area contributed by atoms with Gasteiger partial charge in [0.15, 0.2) is 11.5 Å². The molecule has 2 aromatic rings. The molecule has 0 unspecified atom stereocenters. The second kappa shape index (κ2) is 10.2. The highest BCUT2D eigenvalue weighted by Crippen LogP contribution is 2.39. The summed E-state index contributed by atoms with van der Waals surface area (Å²) < 4.78 is 16.1. The minimum atomic E-state index is -0.375. The van der Waals surface area contributed by atoms with Gasteiger partial charge in [0.2, 0.25) is 5.75 Å². The highest BCUT2D eigenvalue weighted by atomic mass is 35.5. The van der Waals surface area contributed by atoms with Crippen LogP contribution in [0.2, 0.25) is 5.02 Å². The van der Waals surface area contributed by atoms with E-state index in [1.165, 1.54) is 32.3 Å². The first kappa shape index (κ1) is 22.4. The molecule has 2 aromatic carbocycles. The van der Waals surface area contributed by atoms with E-state index >= 15 is 0 Å². The Kier molecular flexibility index (Phi) is 7.36. The van der Waals surface area contributed by atoms with Gasteiger partial charge in [-0.15, -0.1) is 0 Å². The number of methoxy groups -OCH3 is 3. The van der Waals surface area contributed by atoms with Crippen LogP contribution in [-0.2, 0) is 9.59 Å². The highest BCUT2D eigenvalue weighted by Gasteiger charge is 2.27. The normalized spacial score (nSPS) is 15.4. The monoisotopic (exact) mass is 441 g/mol. The molecule has 0 spiro atoms. The van der Waals surface area contributed by atoms with Crippen molar-refractivity contribution in [1.29, 1.82) is 0 Å². The molecule has 7 heteroatoms. The van der Waals surface area contributed by atoms with Gasteiger partial charge in [0.05, 0.1) is 21.3 Å². The SMILES string of the molecule is COc1cc(/C=C2\CCCN(C(=O)/C=C/c3ccccc3Cl)C2=O)cc(OC)c1OC. The van der Waals surface area contributed by atoms with Crippen LogP contribution in [0.3, 0.4) is 0 Å². The second-order valence-corrected chi connectivity index (χ2v) is 7.29. The Balaban J connectivity index is 1.84. The van der Waals surface area contributed by atoms with Crippen LogP contribution in [0.5, 0.6) is 17.2 Å². The van der Waals surface area contributed by atoms with Crippen LogP contribution in [0.25, 0.3) is 12.2 Å². The number of imide groups is 1. The van der Waals surface area contributed by atoms with E-state index in [0.717, 1.165) is 11.1 Å². The van der Waals surface area contributed by atoms with E-state index in [1.807, 2.05) is 12.1 Å². The molecule has 0 aliphatic carbocycles. The largest absolute Gasteiger partial charge is 0.493 e. The summed E-state index contributed by atoms with van der Waals surface area (Å²) in [6.45, 7) is 0.372. The van der Waals surface area contributed by atoms with Crippen molar-refractivity contribution < 1.29 is 23.8 Å². The van der Waals surface area contributed by atoms with Crippen LogP contribution in [-0.4, -0.2) is 44.6 Å². The second-order valence-electron chi connectivity index (χ2n) is 6.88. The molecular formula is C24H24ClNO5. The van der Waals surface area contributed by atoms with Crippen LogP contribution in [0.4, 0.5) is 0 Å². The van der Waals surface area contributed by atoms with E-state index < -0.39 is 0 Å². The van der Waals surface area contributed by atoms with Crippen molar-refractivity contribution in [3.8, 4) is 17.2 Å². The fraction of sp³-hybridized carbons (Fsp3) is 0.250. The van der Waals surface area contributed by atoms with Gasteiger partial charge in [-0.1, -0.05) is 29.8 Å². The summed E-state index contributed by atoms with van der Waals surface area (Å²) in [4.78, 5) is 26.9. The number of carbonyl (C=O) groups is 2. The predicted molar refractivity (Wildman–Crippen MR) is 121 cm³/mol. The molecule has 6 nitrogen and oxygen atoms in total. The van der Waals surface area contributed by atoms with Gasteiger partial charge in [0.25, 0.3) is 11.8 Å². The van der Waals surface area contributed by atoms with Crippen molar-refractivity contribution in [2.45, 2.75) is 12.8 Å². The molecule has 1 aliphatic heterocycles. The van der Waals surface area contributed by atoms with Crippen LogP contribution in [0.1, 0.15) is 24.0 Å². The number of hydrogen-bond donors (Lipinski definition) is 0. The Morgan fingerprint density at radius 3 is 2.35 bits per heavy atom. The van der Waals surface area contributed by atoms with Gasteiger partial charge in [0, 0.05) is 23.2 Å². The number of piperidine rings is 1. The Bertz CT molecular complexity index is 1020. The number of carbonyl (C=O) groups excluding carboxylic acids is 2. The van der Waals surface area contributed by atoms with Gasteiger partial charge >= 0.3 is 0 Å². The van der Waals surface area contributed by atoms with Crippen LogP contribution >= 0.6 is 11.6 Å². The van der Waals surface area contributed by atoms with Crippen molar-refractivity contribution in [3.63, 3.8) is 0 Å². The maximum Gasteiger partial charge on any atom is 0.256 e. The van der Waals surface area contributed by atoms with E-state index in [1.54, 1.807) is 36.4 Å². The van der Waals surface area contributed by atoms with E-state index in [-0.39, 0.29) is 11.8 Å². The third-order valence-corrected chi connectivity index (χ3v) is 5.30. The lowest BCUT2D eigenvalue weighted by Crippen LogP contribution is -2.40. The number of ether oxygens (including phenoxy) is 3. The fourth-order valence-electron chi connectivity index (χ4n) is 3.40. The standard InChI is InChI=1S/C24H24ClNO5/c1-29-20-14-16(15-21(30-2)23(20)31-3)13-18-8-6-12-26(24(18)28)22(27)11-10-17-7-4-5-9-19(17)25/h4-5,7,9-11,13-15H,6,8,12H2,1-3H3/b11-10+,18-13+. The fourth-order valence-corrected chi connectivity index (χ4v) is 3.60. The molecule has 3 rings (SSSR count). The van der Waals surface area contributed by atoms with Gasteiger partial charge in [-0.05, 0) is 54.3 Å². The third-order valence-electron chi connectivity index (χ3n) is 4.95. The molecule has 1 fully saturated rings. The molecule has 1 heterocycles. The van der Waals surface area contributed by atoms with E-state index in [4.69, 9.17) is 25.8 Å². The van der Waals surface area contributed by atoms with E-state index in [9.17, 15) is 9.59 Å². The van der Waals surface area contributed by atoms with E-state index in [0.29, 0.717) is 47.2 Å². The predicted octanol–water partition coefficient (Wildman–Crippen LogP) is 4.61. The Labute approximate surface area is 186 Å². The van der Waals surface area contributed by atoms with Gasteiger partial charge in [-0.25, -0.2) is 0 Å². The zero-order valence-corrected chi connectivity index (χ0v) is 18.4. The summed E-state index contributed by atoms with van der Waals surface area (Å²) in [5, 5.41) is 0.541. The summed E-state index contributed by atoms with van der Waals surface area (Å²) in [7, 11) is 4.60. The molecular weight excluding hydrogens is 418 g/mol. The van der Waals surface area contributed by atoms with Gasteiger partial charge in [-0.2, -0.15) is 0 Å². The molecule has 0 N–H and O–H groups in total. The Morgan fingerprint density at radius 1 is 1.06 bits per heavy atom. The zero-order chi connectivity index (χ0) is 22.4. The lowest BCUT2D eigenvalue weighted by molar-refractivity contribution is -0.140. The third kappa shape index (κ3) is 5.09. The number of likely N-dealkylation sites (tertiary alicyclic amines) is 1. The molecule has 2 amide bonds. The number of amides is 2. The van der Waals surface area contributed by atoms with Crippen molar-refractivity contribution in [2.75, 3.05) is 27.9 Å². The molecule has 0 radical (unpaired) electrons. The van der Waals surface area contributed by atoms with Crippen LogP contribution in [0.15, 0.2) is 48.0 Å². The number of benzene rings is 2. The summed E-state index contributed by atoms with van der Waals surface area (Å²) >= 11 is 6.12. The summed E-state index contributed by atoms with van der Waals surface area (Å²) in [5.41, 5.74) is 1.98. The maximum absolute atomic E-state index is 13.0. The average molecular weight is 442 g/mol. The number of halogens is 1. The summed E-state index contributed by atoms with van der Waals surface area (Å²) in [5.74, 6) is 0.776. The molecule has 31 heavy (non-hydrogen) atoms. The molecule has 1 aliphatic rings. The quantitative estimate of drug-likeness (QED) is 0.612. The van der Waals surface area contributed by atoms with Crippen molar-refractivity contribution >= 4 is 35.6 Å². The highest BCUT2D eigenvalue weighted by molar-refractivity contribution is 6.32.